The molecule has 0 saturated carbocycles. The van der Waals surface area contributed by atoms with Crippen molar-refractivity contribution in [3.05, 3.63) is 66.2 Å². The number of amides is 1. The molecule has 0 spiro atoms. The van der Waals surface area contributed by atoms with Gasteiger partial charge in [0, 0.05) is 45.8 Å². The normalized spacial score (nSPS) is 12.4. The molecule has 3 aromatic carbocycles. The van der Waals surface area contributed by atoms with Crippen LogP contribution < -0.4 is 38.9 Å². The first-order chi connectivity index (χ1) is 18.1. The van der Waals surface area contributed by atoms with Crippen LogP contribution in [0.4, 0.5) is 29.2 Å². The number of aromatic nitrogens is 3. The number of phenols is 1. The Balaban J connectivity index is 0.00000336. The minimum Gasteiger partial charge on any atom is -0.506 e. The number of hydrogen-bond donors (Lipinski definition) is 7. The van der Waals surface area contributed by atoms with E-state index >= 15 is 0 Å². The number of carbonyl (C=O) groups excluding carboxylic acids is 1. The average Bonchev–Trinajstić information content (AvgIpc) is 2.93. The Morgan fingerprint density at radius 2 is 1.57 bits per heavy atom. The molecule has 1 aromatic heterocycles. The highest BCUT2D eigenvalue weighted by molar-refractivity contribution is 6.09. The number of hydrogen-bond acceptors (Lipinski definition) is 11. The molecule has 1 fully saturated rings. The van der Waals surface area contributed by atoms with Crippen LogP contribution in [0.2, 0.25) is 0 Å². The summed E-state index contributed by atoms with van der Waals surface area (Å²) in [6, 6.07) is 18.0. The van der Waals surface area contributed by atoms with Gasteiger partial charge in [-0.1, -0.05) is 30.3 Å². The zero-order chi connectivity index (χ0) is 25.6. The lowest BCUT2D eigenvalue weighted by Gasteiger charge is -2.27. The summed E-state index contributed by atoms with van der Waals surface area (Å²) >= 11 is 0. The molecule has 4 aromatic rings. The second-order valence-electron chi connectivity index (χ2n) is 8.89. The highest BCUT2D eigenvalue weighted by Crippen LogP contribution is 2.29. The van der Waals surface area contributed by atoms with Crippen molar-refractivity contribution in [1.29, 1.82) is 0 Å². The fourth-order valence-corrected chi connectivity index (χ4v) is 4.32. The van der Waals surface area contributed by atoms with Gasteiger partial charge >= 0.3 is 0 Å². The summed E-state index contributed by atoms with van der Waals surface area (Å²) in [5.74, 6) is 1.11. The predicted molar refractivity (Wildman–Crippen MR) is 168 cm³/mol. The number of piperidine rings is 1. The van der Waals surface area contributed by atoms with Crippen molar-refractivity contribution in [2.24, 2.45) is 5.73 Å². The number of nitrogens with one attached hydrogen (secondary N) is 3. The molecule has 13 heteroatoms. The molecule has 1 saturated heterocycles. The third kappa shape index (κ3) is 7.45. The lowest BCUT2D eigenvalue weighted by molar-refractivity contribution is 0.102. The monoisotopic (exact) mass is 572 g/mol. The molecule has 40 heavy (non-hydrogen) atoms. The Hall–Kier alpha value is -4.23. The molecule has 218 valence electrons. The van der Waals surface area contributed by atoms with E-state index in [0.717, 1.165) is 37.0 Å². The highest BCUT2D eigenvalue weighted by Gasteiger charge is 2.17. The third-order valence-electron chi connectivity index (χ3n) is 6.23. The molecule has 0 unspecified atom stereocenters. The van der Waals surface area contributed by atoms with Gasteiger partial charge < -0.3 is 44.0 Å². The first-order valence-electron chi connectivity index (χ1n) is 12.4. The molecule has 0 radical (unpaired) electrons. The molecular formula is C27H41ClN10O2. The van der Waals surface area contributed by atoms with Crippen LogP contribution in [0.25, 0.3) is 10.8 Å². The molecule has 12 nitrogen and oxygen atoms in total. The van der Waals surface area contributed by atoms with E-state index in [0.29, 0.717) is 42.0 Å². The molecule has 0 aliphatic carbocycles. The molecule has 1 aliphatic rings. The van der Waals surface area contributed by atoms with Crippen LogP contribution in [0.15, 0.2) is 60.7 Å². The number of benzene rings is 3. The van der Waals surface area contributed by atoms with Gasteiger partial charge in [0.2, 0.25) is 17.8 Å². The van der Waals surface area contributed by atoms with E-state index in [2.05, 4.69) is 35.8 Å². The maximum absolute atomic E-state index is 12.8. The fourth-order valence-electron chi connectivity index (χ4n) is 4.32. The second kappa shape index (κ2) is 14.8. The van der Waals surface area contributed by atoms with Gasteiger partial charge in [0.05, 0.1) is 5.56 Å². The van der Waals surface area contributed by atoms with Crippen molar-refractivity contribution in [1.82, 2.24) is 27.3 Å². The van der Waals surface area contributed by atoms with Crippen molar-refractivity contribution >= 4 is 58.3 Å². The van der Waals surface area contributed by atoms with Gasteiger partial charge in [-0.25, -0.2) is 0 Å². The second-order valence-corrected chi connectivity index (χ2v) is 8.89. The van der Waals surface area contributed by atoms with E-state index < -0.39 is 0 Å². The average molecular weight is 573 g/mol. The van der Waals surface area contributed by atoms with Crippen LogP contribution in [0.1, 0.15) is 32.5 Å². The lowest BCUT2D eigenvalue weighted by Crippen LogP contribution is -2.31. The smallest absolute Gasteiger partial charge is 0.259 e. The third-order valence-corrected chi connectivity index (χ3v) is 6.23. The number of carbonyl (C=O) groups is 1. The van der Waals surface area contributed by atoms with Crippen molar-refractivity contribution in [3.8, 4) is 5.75 Å². The van der Waals surface area contributed by atoms with Gasteiger partial charge in [-0.3, -0.25) is 4.79 Å². The summed E-state index contributed by atoms with van der Waals surface area (Å²) in [4.78, 5) is 28.7. The van der Waals surface area contributed by atoms with Crippen molar-refractivity contribution < 1.29 is 12.8 Å². The summed E-state index contributed by atoms with van der Waals surface area (Å²) in [7, 11) is 0. The van der Waals surface area contributed by atoms with E-state index in [1.54, 1.807) is 24.3 Å². The van der Waals surface area contributed by atoms with Crippen LogP contribution in [0.5, 0.6) is 5.75 Å². The van der Waals surface area contributed by atoms with Crippen LogP contribution in [-0.4, -0.2) is 52.1 Å². The number of anilines is 5. The number of phenolic OH excluding ortho intramolecular Hbond substituents is 1. The Kier molecular flexibility index (Phi) is 11.8. The van der Waals surface area contributed by atoms with Crippen molar-refractivity contribution in [2.45, 2.75) is 19.3 Å². The Bertz CT molecular complexity index is 1410. The van der Waals surface area contributed by atoms with E-state index in [4.69, 9.17) is 5.73 Å². The molecule has 0 atom stereocenters. The topological polar surface area (TPSA) is 211 Å². The molecule has 1 amide bonds. The van der Waals surface area contributed by atoms with Gasteiger partial charge in [-0.05, 0) is 55.0 Å². The number of rotatable bonds is 8. The molecule has 2 heterocycles. The first kappa shape index (κ1) is 32.0. The standard InChI is InChI=1S/C27H30N8O2.ClH.2H3N.2H2/c28-14-15-29-25-32-26(34-27(33-25)35-16-4-1-5-17-35)31-20-11-9-19(10-12-20)30-24(37)22-13-8-18-6-2-3-7-21(18)23(22)36;;;;;/h2-3,6-13,36H,1,4-5,14-17,28H2,(H,30,37)(H2,29,31,32,33,34);1H;2*1H3;2*1H. The van der Waals surface area contributed by atoms with Gasteiger partial charge in [0.25, 0.3) is 5.91 Å². The Morgan fingerprint density at radius 3 is 2.30 bits per heavy atom. The van der Waals surface area contributed by atoms with Gasteiger partial charge in [-0.2, -0.15) is 15.0 Å². The first-order valence-corrected chi connectivity index (χ1v) is 12.4. The number of nitrogens with zero attached hydrogens (tertiary/aromatic N) is 4. The molecular weight excluding hydrogens is 532 g/mol. The summed E-state index contributed by atoms with van der Waals surface area (Å²) in [6.45, 7) is 2.86. The van der Waals surface area contributed by atoms with Gasteiger partial charge in [-0.15, -0.1) is 12.4 Å². The van der Waals surface area contributed by atoms with E-state index in [9.17, 15) is 9.90 Å². The Morgan fingerprint density at radius 1 is 0.900 bits per heavy atom. The molecule has 1 aliphatic heterocycles. The summed E-state index contributed by atoms with van der Waals surface area (Å²) in [5.41, 5.74) is 7.20. The summed E-state index contributed by atoms with van der Waals surface area (Å²) < 4.78 is 0. The van der Waals surface area contributed by atoms with Crippen LogP contribution in [0, 0.1) is 0 Å². The molecule has 12 N–H and O–H groups in total. The number of fused-ring (bicyclic) bond motifs is 1. The number of nitrogens with two attached hydrogens (primary N) is 1. The van der Waals surface area contributed by atoms with Crippen LogP contribution in [-0.2, 0) is 0 Å². The maximum atomic E-state index is 12.8. The lowest BCUT2D eigenvalue weighted by atomic mass is 10.0. The van der Waals surface area contributed by atoms with E-state index in [1.807, 2.05) is 36.4 Å². The highest BCUT2D eigenvalue weighted by atomic mass is 35.5. The fraction of sp³-hybridized carbons (Fsp3) is 0.259. The van der Waals surface area contributed by atoms with Crippen molar-refractivity contribution in [2.75, 3.05) is 47.0 Å². The Labute approximate surface area is 242 Å². The quantitative estimate of drug-likeness (QED) is 0.143. The van der Waals surface area contributed by atoms with Crippen LogP contribution in [0.3, 0.4) is 0 Å². The predicted octanol–water partition coefficient (Wildman–Crippen LogP) is 5.33. The van der Waals surface area contributed by atoms with Gasteiger partial charge in [0.15, 0.2) is 0 Å². The zero-order valence-electron chi connectivity index (χ0n) is 22.3. The van der Waals surface area contributed by atoms with Crippen LogP contribution >= 0.6 is 12.4 Å². The maximum Gasteiger partial charge on any atom is 0.259 e. The number of halogens is 1. The molecule has 0 bridgehead atoms. The van der Waals surface area contributed by atoms with E-state index in [1.165, 1.54) is 6.42 Å². The zero-order valence-corrected chi connectivity index (χ0v) is 23.1. The summed E-state index contributed by atoms with van der Waals surface area (Å²) in [6.07, 6.45) is 3.45. The minimum absolute atomic E-state index is 0. The molecule has 5 rings (SSSR count). The SMILES string of the molecule is Cl.N.N.NCCNc1nc(Nc2ccc(NC(=O)c3ccc4ccccc4c3O)cc2)nc(N2CCCCC2)n1.[HH].[HH]. The largest absolute Gasteiger partial charge is 0.506 e. The summed E-state index contributed by atoms with van der Waals surface area (Å²) in [5, 5.41) is 21.3. The minimum atomic E-state index is -0.386. The van der Waals surface area contributed by atoms with E-state index in [-0.39, 0.29) is 44.8 Å². The van der Waals surface area contributed by atoms with Crippen molar-refractivity contribution in [3.63, 3.8) is 0 Å². The number of aromatic hydroxyl groups is 1. The van der Waals surface area contributed by atoms with Gasteiger partial charge in [0.1, 0.15) is 5.75 Å².